The molecule has 2 fully saturated rings. The summed E-state index contributed by atoms with van der Waals surface area (Å²) < 4.78 is 5.56. The van der Waals surface area contributed by atoms with Crippen molar-refractivity contribution in [3.8, 4) is 11.3 Å². The molecule has 2 saturated heterocycles. The van der Waals surface area contributed by atoms with Gasteiger partial charge in [0.25, 0.3) is 0 Å². The quantitative estimate of drug-likeness (QED) is 0.459. The number of thiazole rings is 1. The van der Waals surface area contributed by atoms with Crippen LogP contribution in [0.15, 0.2) is 41.8 Å². The highest BCUT2D eigenvalue weighted by Gasteiger charge is 2.43. The molecule has 0 saturated carbocycles. The number of aryl methyl sites for hydroxylation is 1. The fourth-order valence-electron chi connectivity index (χ4n) is 5.81. The van der Waals surface area contributed by atoms with Crippen molar-refractivity contribution < 1.29 is 14.3 Å². The van der Waals surface area contributed by atoms with Gasteiger partial charge in [-0.05, 0) is 68.3 Å². The lowest BCUT2D eigenvalue weighted by atomic mass is 9.90. The largest absolute Gasteiger partial charge is 0.381 e. The number of hydrogen-bond acceptors (Lipinski definition) is 6. The van der Waals surface area contributed by atoms with Crippen LogP contribution in [0.1, 0.15) is 49.7 Å². The monoisotopic (exact) mass is 534 g/mol. The lowest BCUT2D eigenvalue weighted by molar-refractivity contribution is -0.140. The predicted octanol–water partition coefficient (Wildman–Crippen LogP) is 4.70. The summed E-state index contributed by atoms with van der Waals surface area (Å²) in [5.74, 6) is 0.200. The van der Waals surface area contributed by atoms with Crippen LogP contribution in [0.5, 0.6) is 0 Å². The van der Waals surface area contributed by atoms with Crippen LogP contribution in [0, 0.1) is 18.8 Å². The SMILES string of the molecule is CN[C@@H](C)C(=O)N[C@H](C(=O)N1CC[C@H](C)[C@H]1c1nc(-c2ccc(C)c3ccccc23)cs1)C1CCOCC1. The average Bonchev–Trinajstić information content (AvgIpc) is 3.58. The van der Waals surface area contributed by atoms with E-state index >= 15 is 0 Å². The van der Waals surface area contributed by atoms with E-state index in [0.29, 0.717) is 19.8 Å². The lowest BCUT2D eigenvalue weighted by Gasteiger charge is -2.35. The van der Waals surface area contributed by atoms with Gasteiger partial charge in [-0.1, -0.05) is 43.3 Å². The maximum absolute atomic E-state index is 14.1. The Morgan fingerprint density at radius 2 is 1.84 bits per heavy atom. The van der Waals surface area contributed by atoms with Crippen molar-refractivity contribution in [3.63, 3.8) is 0 Å². The van der Waals surface area contributed by atoms with Crippen molar-refractivity contribution in [2.24, 2.45) is 11.8 Å². The van der Waals surface area contributed by atoms with E-state index in [2.05, 4.69) is 66.3 Å². The molecule has 1 aromatic heterocycles. The smallest absolute Gasteiger partial charge is 0.246 e. The fraction of sp³-hybridized carbons (Fsp3) is 0.500. The summed E-state index contributed by atoms with van der Waals surface area (Å²) in [7, 11) is 1.75. The van der Waals surface area contributed by atoms with Crippen LogP contribution in [-0.2, 0) is 14.3 Å². The zero-order valence-corrected chi connectivity index (χ0v) is 23.5. The second-order valence-electron chi connectivity index (χ2n) is 10.7. The summed E-state index contributed by atoms with van der Waals surface area (Å²) >= 11 is 1.63. The average molecular weight is 535 g/mol. The minimum atomic E-state index is -0.560. The maximum Gasteiger partial charge on any atom is 0.246 e. The van der Waals surface area contributed by atoms with Gasteiger partial charge >= 0.3 is 0 Å². The second-order valence-corrected chi connectivity index (χ2v) is 11.6. The van der Waals surface area contributed by atoms with Crippen molar-refractivity contribution in [1.82, 2.24) is 20.5 Å². The number of aromatic nitrogens is 1. The summed E-state index contributed by atoms with van der Waals surface area (Å²) in [6.45, 7) is 8.05. The molecule has 2 amide bonds. The van der Waals surface area contributed by atoms with Gasteiger partial charge in [0, 0.05) is 30.7 Å². The van der Waals surface area contributed by atoms with E-state index < -0.39 is 6.04 Å². The topological polar surface area (TPSA) is 83.6 Å². The highest BCUT2D eigenvalue weighted by molar-refractivity contribution is 7.10. The number of nitrogens with zero attached hydrogens (tertiary/aromatic N) is 2. The third kappa shape index (κ3) is 5.22. The van der Waals surface area contributed by atoms with Crippen LogP contribution < -0.4 is 10.6 Å². The van der Waals surface area contributed by atoms with Crippen LogP contribution >= 0.6 is 11.3 Å². The van der Waals surface area contributed by atoms with Crippen molar-refractivity contribution in [2.45, 2.75) is 58.2 Å². The number of hydrogen-bond donors (Lipinski definition) is 2. The Kier molecular flexibility index (Phi) is 8.12. The molecular weight excluding hydrogens is 496 g/mol. The molecule has 2 aliphatic heterocycles. The van der Waals surface area contributed by atoms with Gasteiger partial charge in [-0.3, -0.25) is 9.59 Å². The Morgan fingerprint density at radius 3 is 2.58 bits per heavy atom. The van der Waals surface area contributed by atoms with Crippen LogP contribution in [-0.4, -0.2) is 60.6 Å². The molecule has 2 aromatic carbocycles. The van der Waals surface area contributed by atoms with E-state index in [1.54, 1.807) is 18.4 Å². The summed E-state index contributed by atoms with van der Waals surface area (Å²) in [5.41, 5.74) is 3.31. The Morgan fingerprint density at radius 1 is 1.11 bits per heavy atom. The number of carbonyl (C=O) groups excluding carboxylic acids is 2. The fourth-order valence-corrected chi connectivity index (χ4v) is 6.87. The number of likely N-dealkylation sites (tertiary alicyclic amines) is 1. The first-order valence-corrected chi connectivity index (χ1v) is 14.6. The molecule has 2 aliphatic rings. The number of likely N-dealkylation sites (N-methyl/N-ethyl adjacent to an activating group) is 1. The highest BCUT2D eigenvalue weighted by atomic mass is 32.1. The zero-order chi connectivity index (χ0) is 26.8. The lowest BCUT2D eigenvalue weighted by Crippen LogP contribution is -2.56. The number of benzene rings is 2. The highest BCUT2D eigenvalue weighted by Crippen LogP contribution is 2.41. The normalized spacial score (nSPS) is 21.9. The van der Waals surface area contributed by atoms with E-state index in [1.807, 2.05) is 11.8 Å². The van der Waals surface area contributed by atoms with Crippen molar-refractivity contribution >= 4 is 33.9 Å². The van der Waals surface area contributed by atoms with Crippen molar-refractivity contribution in [1.29, 1.82) is 0 Å². The van der Waals surface area contributed by atoms with Gasteiger partial charge < -0.3 is 20.3 Å². The molecule has 0 radical (unpaired) electrons. The maximum atomic E-state index is 14.1. The molecule has 3 heterocycles. The molecule has 0 aliphatic carbocycles. The summed E-state index contributed by atoms with van der Waals surface area (Å²) in [6.07, 6.45) is 2.45. The van der Waals surface area contributed by atoms with Gasteiger partial charge in [0.1, 0.15) is 11.0 Å². The molecule has 202 valence electrons. The van der Waals surface area contributed by atoms with E-state index in [1.165, 1.54) is 16.3 Å². The minimum absolute atomic E-state index is 0.000406. The number of ether oxygens (including phenoxy) is 1. The van der Waals surface area contributed by atoms with E-state index in [4.69, 9.17) is 9.72 Å². The number of carbonyl (C=O) groups is 2. The Balaban J connectivity index is 1.44. The summed E-state index contributed by atoms with van der Waals surface area (Å²) in [6, 6.07) is 11.7. The van der Waals surface area contributed by atoms with Crippen LogP contribution in [0.2, 0.25) is 0 Å². The minimum Gasteiger partial charge on any atom is -0.381 e. The number of fused-ring (bicyclic) bond motifs is 1. The number of nitrogens with one attached hydrogen (secondary N) is 2. The number of amides is 2. The Labute approximate surface area is 229 Å². The molecule has 0 bridgehead atoms. The van der Waals surface area contributed by atoms with Gasteiger partial charge in [0.2, 0.25) is 11.8 Å². The van der Waals surface area contributed by atoms with Crippen molar-refractivity contribution in [3.05, 3.63) is 52.3 Å². The third-order valence-corrected chi connectivity index (χ3v) is 9.22. The second kappa shape index (κ2) is 11.5. The predicted molar refractivity (Wildman–Crippen MR) is 152 cm³/mol. The molecule has 3 aromatic rings. The van der Waals surface area contributed by atoms with Gasteiger partial charge in [-0.25, -0.2) is 4.98 Å². The molecule has 0 spiro atoms. The summed E-state index contributed by atoms with van der Waals surface area (Å²) in [5, 5.41) is 11.6. The van der Waals surface area contributed by atoms with Crippen LogP contribution in [0.4, 0.5) is 0 Å². The molecule has 8 heteroatoms. The first kappa shape index (κ1) is 26.8. The summed E-state index contributed by atoms with van der Waals surface area (Å²) in [4.78, 5) is 34.1. The molecule has 5 rings (SSSR count). The first-order valence-electron chi connectivity index (χ1n) is 13.7. The van der Waals surface area contributed by atoms with Crippen LogP contribution in [0.25, 0.3) is 22.0 Å². The molecule has 0 unspecified atom stereocenters. The van der Waals surface area contributed by atoms with E-state index in [9.17, 15) is 9.59 Å². The molecule has 7 nitrogen and oxygen atoms in total. The standard InChI is InChI=1S/C30H38N4O3S/c1-18-9-10-24(23-8-6-5-7-22(18)23)25-17-38-29(32-25)27-19(2)11-14-34(27)30(36)26(21-12-15-37-16-13-21)33-28(35)20(3)31-4/h5-10,17,19-21,26-27,31H,11-16H2,1-4H3,(H,33,35)/t19-,20-,26-,27-/m0/s1. The first-order chi connectivity index (χ1) is 18.4. The molecular formula is C30H38N4O3S. The van der Waals surface area contributed by atoms with E-state index in [-0.39, 0.29) is 35.7 Å². The number of rotatable bonds is 7. The van der Waals surface area contributed by atoms with Crippen LogP contribution in [0.3, 0.4) is 0 Å². The van der Waals surface area contributed by atoms with E-state index in [0.717, 1.165) is 35.5 Å². The van der Waals surface area contributed by atoms with Gasteiger partial charge in [-0.2, -0.15) is 0 Å². The molecule has 38 heavy (non-hydrogen) atoms. The van der Waals surface area contributed by atoms with Gasteiger partial charge in [0.15, 0.2) is 0 Å². The van der Waals surface area contributed by atoms with Crippen molar-refractivity contribution in [2.75, 3.05) is 26.8 Å². The Bertz CT molecular complexity index is 1300. The molecule has 2 N–H and O–H groups in total. The Hall–Kier alpha value is -2.81. The third-order valence-electron chi connectivity index (χ3n) is 8.30. The van der Waals surface area contributed by atoms with Gasteiger partial charge in [-0.15, -0.1) is 11.3 Å². The molecule has 4 atom stereocenters. The zero-order valence-electron chi connectivity index (χ0n) is 22.7. The van der Waals surface area contributed by atoms with Gasteiger partial charge in [0.05, 0.1) is 17.8 Å².